The van der Waals surface area contributed by atoms with Crippen molar-refractivity contribution in [3.63, 3.8) is 0 Å². The highest BCUT2D eigenvalue weighted by molar-refractivity contribution is 5.90. The van der Waals surface area contributed by atoms with Crippen molar-refractivity contribution in [3.8, 4) is 11.6 Å². The fourth-order valence-corrected chi connectivity index (χ4v) is 1.40. The van der Waals surface area contributed by atoms with Crippen molar-refractivity contribution in [1.82, 2.24) is 10.3 Å². The second-order valence-corrected chi connectivity index (χ2v) is 3.60. The van der Waals surface area contributed by atoms with Gasteiger partial charge in [-0.15, -0.1) is 0 Å². The highest BCUT2D eigenvalue weighted by Gasteiger charge is 2.08. The van der Waals surface area contributed by atoms with Gasteiger partial charge in [-0.2, -0.15) is 9.37 Å². The number of amides is 2. The van der Waals surface area contributed by atoms with E-state index >= 15 is 0 Å². The molecule has 0 unspecified atom stereocenters. The molecule has 19 heavy (non-hydrogen) atoms. The Bertz CT molecular complexity index is 590. The normalized spacial score (nSPS) is 9.79. The van der Waals surface area contributed by atoms with Crippen LogP contribution in [0.1, 0.15) is 0 Å². The number of carbonyl (C=O) groups is 1. The van der Waals surface area contributed by atoms with Gasteiger partial charge in [-0.1, -0.05) is 18.2 Å². The minimum absolute atomic E-state index is 0.117. The van der Waals surface area contributed by atoms with E-state index in [1.165, 1.54) is 25.2 Å². The Balaban J connectivity index is 2.22. The molecule has 2 N–H and O–H groups in total. The first kappa shape index (κ1) is 12.8. The molecule has 1 aromatic carbocycles. The summed E-state index contributed by atoms with van der Waals surface area (Å²) >= 11 is 0. The molecule has 0 radical (unpaired) electrons. The quantitative estimate of drug-likeness (QED) is 0.835. The Morgan fingerprint density at radius 3 is 2.74 bits per heavy atom. The number of hydrogen-bond donors (Lipinski definition) is 2. The topological polar surface area (TPSA) is 63.2 Å². The smallest absolute Gasteiger partial charge is 0.319 e. The number of aromatic nitrogens is 1. The minimum atomic E-state index is -0.630. The van der Waals surface area contributed by atoms with Crippen molar-refractivity contribution < 1.29 is 13.9 Å². The van der Waals surface area contributed by atoms with Crippen LogP contribution >= 0.6 is 0 Å². The third-order valence-corrected chi connectivity index (χ3v) is 2.27. The molecular formula is C13H12FN3O2. The van der Waals surface area contributed by atoms with Gasteiger partial charge < -0.3 is 15.4 Å². The van der Waals surface area contributed by atoms with Crippen molar-refractivity contribution in [2.24, 2.45) is 0 Å². The van der Waals surface area contributed by atoms with Crippen LogP contribution in [0.3, 0.4) is 0 Å². The first-order valence-electron chi connectivity index (χ1n) is 5.57. The molecule has 0 bridgehead atoms. The highest BCUT2D eigenvalue weighted by Crippen LogP contribution is 2.28. The molecule has 1 heterocycles. The van der Waals surface area contributed by atoms with E-state index in [9.17, 15) is 9.18 Å². The number of anilines is 1. The van der Waals surface area contributed by atoms with Crippen LogP contribution in [0, 0.1) is 5.95 Å². The molecule has 98 valence electrons. The van der Waals surface area contributed by atoms with E-state index in [4.69, 9.17) is 4.74 Å². The van der Waals surface area contributed by atoms with Gasteiger partial charge in [0.05, 0.1) is 5.69 Å². The van der Waals surface area contributed by atoms with Crippen LogP contribution in [-0.2, 0) is 0 Å². The van der Waals surface area contributed by atoms with Crippen LogP contribution in [-0.4, -0.2) is 18.1 Å². The molecule has 0 aliphatic carbocycles. The zero-order chi connectivity index (χ0) is 13.7. The van der Waals surface area contributed by atoms with E-state index in [-0.39, 0.29) is 11.9 Å². The van der Waals surface area contributed by atoms with E-state index in [2.05, 4.69) is 15.6 Å². The number of ether oxygens (including phenoxy) is 1. The first-order chi connectivity index (χ1) is 9.19. The van der Waals surface area contributed by atoms with Crippen molar-refractivity contribution in [2.75, 3.05) is 12.4 Å². The fourth-order valence-electron chi connectivity index (χ4n) is 1.40. The van der Waals surface area contributed by atoms with Gasteiger partial charge in [0.1, 0.15) is 0 Å². The summed E-state index contributed by atoms with van der Waals surface area (Å²) in [7, 11) is 1.51. The molecule has 0 atom stereocenters. The van der Waals surface area contributed by atoms with Crippen molar-refractivity contribution in [2.45, 2.75) is 0 Å². The van der Waals surface area contributed by atoms with E-state index in [1.807, 2.05) is 0 Å². The maximum atomic E-state index is 13.0. The number of pyridine rings is 1. The van der Waals surface area contributed by atoms with Crippen molar-refractivity contribution >= 4 is 11.7 Å². The summed E-state index contributed by atoms with van der Waals surface area (Å²) in [6.07, 6.45) is 0. The molecule has 0 aliphatic rings. The molecule has 0 spiro atoms. The summed E-state index contributed by atoms with van der Waals surface area (Å²) in [5.74, 6) is -0.135. The average molecular weight is 261 g/mol. The van der Waals surface area contributed by atoms with E-state index in [0.717, 1.165) is 0 Å². The molecule has 0 saturated heterocycles. The summed E-state index contributed by atoms with van der Waals surface area (Å²) in [6, 6.07) is 10.7. The van der Waals surface area contributed by atoms with Crippen molar-refractivity contribution in [1.29, 1.82) is 0 Å². The Morgan fingerprint density at radius 1 is 1.21 bits per heavy atom. The molecule has 6 heteroatoms. The van der Waals surface area contributed by atoms with Gasteiger partial charge in [-0.05, 0) is 18.2 Å². The number of urea groups is 1. The Kier molecular flexibility index (Phi) is 3.92. The maximum absolute atomic E-state index is 13.0. The van der Waals surface area contributed by atoms with Gasteiger partial charge in [0.25, 0.3) is 0 Å². The SMILES string of the molecule is CNC(=O)Nc1ccccc1Oc1cccc(F)n1. The average Bonchev–Trinajstić information content (AvgIpc) is 2.41. The minimum Gasteiger partial charge on any atom is -0.437 e. The number of hydrogen-bond acceptors (Lipinski definition) is 3. The Hall–Kier alpha value is -2.63. The lowest BCUT2D eigenvalue weighted by atomic mass is 10.3. The predicted octanol–water partition coefficient (Wildman–Crippen LogP) is 2.76. The van der Waals surface area contributed by atoms with Crippen LogP contribution in [0.15, 0.2) is 42.5 Å². The largest absolute Gasteiger partial charge is 0.437 e. The van der Waals surface area contributed by atoms with Crippen LogP contribution in [0.5, 0.6) is 11.6 Å². The van der Waals surface area contributed by atoms with Gasteiger partial charge in [-0.3, -0.25) is 0 Å². The third kappa shape index (κ3) is 3.41. The number of benzene rings is 1. The lowest BCUT2D eigenvalue weighted by Gasteiger charge is -2.11. The number of halogens is 1. The number of carbonyl (C=O) groups excluding carboxylic acids is 1. The second-order valence-electron chi connectivity index (χ2n) is 3.60. The Labute approximate surface area is 109 Å². The molecule has 0 aliphatic heterocycles. The number of nitrogens with one attached hydrogen (secondary N) is 2. The van der Waals surface area contributed by atoms with Gasteiger partial charge in [0.2, 0.25) is 11.8 Å². The summed E-state index contributed by atoms with van der Waals surface area (Å²) < 4.78 is 18.4. The summed E-state index contributed by atoms with van der Waals surface area (Å²) in [5, 5.41) is 5.03. The zero-order valence-corrected chi connectivity index (χ0v) is 10.2. The Morgan fingerprint density at radius 2 is 2.00 bits per heavy atom. The summed E-state index contributed by atoms with van der Waals surface area (Å²) in [5.41, 5.74) is 0.466. The monoisotopic (exact) mass is 261 g/mol. The molecule has 0 fully saturated rings. The van der Waals surface area contributed by atoms with E-state index < -0.39 is 5.95 Å². The first-order valence-corrected chi connectivity index (χ1v) is 5.57. The van der Waals surface area contributed by atoms with Crippen LogP contribution in [0.2, 0.25) is 0 Å². The van der Waals surface area contributed by atoms with E-state index in [1.54, 1.807) is 24.3 Å². The van der Waals surface area contributed by atoms with Crippen LogP contribution in [0.25, 0.3) is 0 Å². The molecule has 2 aromatic rings. The van der Waals surface area contributed by atoms with Gasteiger partial charge in [0.15, 0.2) is 5.75 Å². The van der Waals surface area contributed by atoms with Crippen LogP contribution in [0.4, 0.5) is 14.9 Å². The lowest BCUT2D eigenvalue weighted by molar-refractivity contribution is 0.254. The van der Waals surface area contributed by atoms with Gasteiger partial charge in [0, 0.05) is 13.1 Å². The molecule has 5 nitrogen and oxygen atoms in total. The van der Waals surface area contributed by atoms with Crippen molar-refractivity contribution in [3.05, 3.63) is 48.4 Å². The number of nitrogens with zero attached hydrogens (tertiary/aromatic N) is 1. The highest BCUT2D eigenvalue weighted by atomic mass is 19.1. The maximum Gasteiger partial charge on any atom is 0.319 e. The third-order valence-electron chi connectivity index (χ3n) is 2.27. The van der Waals surface area contributed by atoms with E-state index in [0.29, 0.717) is 11.4 Å². The van der Waals surface area contributed by atoms with Gasteiger partial charge in [-0.25, -0.2) is 4.79 Å². The standard InChI is InChI=1S/C13H12FN3O2/c1-15-13(18)16-9-5-2-3-6-10(9)19-12-8-4-7-11(14)17-12/h2-8H,1H3,(H2,15,16,18). The van der Waals surface area contributed by atoms with Gasteiger partial charge >= 0.3 is 6.03 Å². The summed E-state index contributed by atoms with van der Waals surface area (Å²) in [4.78, 5) is 14.9. The zero-order valence-electron chi connectivity index (χ0n) is 10.2. The second kappa shape index (κ2) is 5.81. The summed E-state index contributed by atoms with van der Waals surface area (Å²) in [6.45, 7) is 0. The fraction of sp³-hybridized carbons (Fsp3) is 0.0769. The molecular weight excluding hydrogens is 249 g/mol. The lowest BCUT2D eigenvalue weighted by Crippen LogP contribution is -2.24. The molecule has 0 saturated carbocycles. The molecule has 2 amide bonds. The molecule has 1 aromatic heterocycles. The number of para-hydroxylation sites is 2. The number of rotatable bonds is 3. The predicted molar refractivity (Wildman–Crippen MR) is 68.8 cm³/mol. The molecule has 2 rings (SSSR count). The van der Waals surface area contributed by atoms with Crippen LogP contribution < -0.4 is 15.4 Å².